The number of halogens is 3. The molecule has 2 nitrogen and oxygen atoms in total. The minimum atomic E-state index is -4.68. The summed E-state index contributed by atoms with van der Waals surface area (Å²) in [5.41, 5.74) is 0.316. The highest BCUT2D eigenvalue weighted by Gasteiger charge is 2.36. The molecule has 0 amide bonds. The predicted molar refractivity (Wildman–Crippen MR) is 52.2 cm³/mol. The molecule has 0 fully saturated rings. The van der Waals surface area contributed by atoms with Crippen molar-refractivity contribution in [3.05, 3.63) is 41.7 Å². The van der Waals surface area contributed by atoms with Gasteiger partial charge in [-0.15, -0.1) is 0 Å². The summed E-state index contributed by atoms with van der Waals surface area (Å²) < 4.78 is 41.4. The Morgan fingerprint density at radius 1 is 1.25 bits per heavy atom. The number of carbonyl (C=O) groups excluding carboxylic acids is 1. The van der Waals surface area contributed by atoms with E-state index in [2.05, 4.69) is 4.74 Å². The molecule has 0 aliphatic rings. The molecule has 0 aliphatic carbocycles. The van der Waals surface area contributed by atoms with Gasteiger partial charge in [-0.3, -0.25) is 4.79 Å². The molecule has 0 aliphatic heterocycles. The SMILES string of the molecule is CC(=O)O/C(=C\c1ccccc1)C(F)(F)F. The molecule has 1 rings (SSSR count). The average Bonchev–Trinajstić information content (AvgIpc) is 2.16. The highest BCUT2D eigenvalue weighted by molar-refractivity contribution is 5.69. The van der Waals surface area contributed by atoms with E-state index in [0.29, 0.717) is 5.56 Å². The zero-order valence-corrected chi connectivity index (χ0v) is 8.41. The number of alkyl halides is 3. The van der Waals surface area contributed by atoms with Crippen molar-refractivity contribution in [2.45, 2.75) is 13.1 Å². The van der Waals surface area contributed by atoms with Crippen molar-refractivity contribution in [3.63, 3.8) is 0 Å². The van der Waals surface area contributed by atoms with E-state index >= 15 is 0 Å². The Morgan fingerprint density at radius 2 is 1.81 bits per heavy atom. The standard InChI is InChI=1S/C11H9F3O2/c1-8(15)16-10(11(12,13)14)7-9-5-3-2-4-6-9/h2-7H,1H3/b10-7-. The zero-order chi connectivity index (χ0) is 12.2. The maximum atomic E-state index is 12.4. The molecule has 0 saturated heterocycles. The number of ether oxygens (including phenoxy) is 1. The first kappa shape index (κ1) is 12.3. The molecule has 0 atom stereocenters. The van der Waals surface area contributed by atoms with Gasteiger partial charge in [0, 0.05) is 6.92 Å². The summed E-state index contributed by atoms with van der Waals surface area (Å²) in [5, 5.41) is 0. The van der Waals surface area contributed by atoms with Gasteiger partial charge in [0.05, 0.1) is 0 Å². The highest BCUT2D eigenvalue weighted by atomic mass is 19.4. The number of carbonyl (C=O) groups is 1. The Bertz CT molecular complexity index is 393. The van der Waals surface area contributed by atoms with Gasteiger partial charge < -0.3 is 4.74 Å². The molecule has 0 heterocycles. The van der Waals surface area contributed by atoms with Crippen LogP contribution in [0.2, 0.25) is 0 Å². The summed E-state index contributed by atoms with van der Waals surface area (Å²) in [6.07, 6.45) is -3.90. The second-order valence-electron chi connectivity index (χ2n) is 3.01. The lowest BCUT2D eigenvalue weighted by atomic mass is 10.2. The van der Waals surface area contributed by atoms with Crippen molar-refractivity contribution in [1.29, 1.82) is 0 Å². The van der Waals surface area contributed by atoms with E-state index in [1.807, 2.05) is 0 Å². The highest BCUT2D eigenvalue weighted by Crippen LogP contribution is 2.28. The molecule has 0 aromatic heterocycles. The number of rotatable bonds is 2. The molecule has 0 bridgehead atoms. The number of benzene rings is 1. The van der Waals surface area contributed by atoms with Crippen molar-refractivity contribution in [1.82, 2.24) is 0 Å². The zero-order valence-electron chi connectivity index (χ0n) is 8.41. The maximum Gasteiger partial charge on any atom is 0.449 e. The van der Waals surface area contributed by atoms with Crippen molar-refractivity contribution in [2.24, 2.45) is 0 Å². The molecule has 0 spiro atoms. The Labute approximate surface area is 90.3 Å². The van der Waals surface area contributed by atoms with Crippen LogP contribution in [0, 0.1) is 0 Å². The summed E-state index contributed by atoms with van der Waals surface area (Å²) in [4.78, 5) is 10.5. The van der Waals surface area contributed by atoms with Crippen LogP contribution in [-0.4, -0.2) is 12.1 Å². The maximum absolute atomic E-state index is 12.4. The third-order valence-corrected chi connectivity index (χ3v) is 1.63. The van der Waals surface area contributed by atoms with Crippen LogP contribution in [0.1, 0.15) is 12.5 Å². The third-order valence-electron chi connectivity index (χ3n) is 1.63. The summed E-state index contributed by atoms with van der Waals surface area (Å²) >= 11 is 0. The molecule has 5 heteroatoms. The van der Waals surface area contributed by atoms with Gasteiger partial charge in [0.2, 0.25) is 5.76 Å². The molecule has 86 valence electrons. The summed E-state index contributed by atoms with van der Waals surface area (Å²) in [5.74, 6) is -2.31. The molecule has 1 aromatic carbocycles. The quantitative estimate of drug-likeness (QED) is 0.576. The van der Waals surface area contributed by atoms with E-state index in [1.54, 1.807) is 18.2 Å². The normalized spacial score (nSPS) is 12.4. The van der Waals surface area contributed by atoms with Crippen LogP contribution >= 0.6 is 0 Å². The van der Waals surface area contributed by atoms with Gasteiger partial charge in [0.15, 0.2) is 0 Å². The lowest BCUT2D eigenvalue weighted by Gasteiger charge is -2.10. The first-order valence-electron chi connectivity index (χ1n) is 4.42. The first-order valence-corrected chi connectivity index (χ1v) is 4.42. The number of allylic oxidation sites excluding steroid dienone is 1. The topological polar surface area (TPSA) is 26.3 Å². The van der Waals surface area contributed by atoms with Crippen LogP contribution in [0.4, 0.5) is 13.2 Å². The molecular formula is C11H9F3O2. The lowest BCUT2D eigenvalue weighted by Crippen LogP contribution is -2.16. The van der Waals surface area contributed by atoms with Gasteiger partial charge in [0.25, 0.3) is 0 Å². The smallest absolute Gasteiger partial charge is 0.421 e. The van der Waals surface area contributed by atoms with Gasteiger partial charge in [-0.05, 0) is 11.6 Å². The van der Waals surface area contributed by atoms with Crippen molar-refractivity contribution in [3.8, 4) is 0 Å². The first-order chi connectivity index (χ1) is 7.39. The fourth-order valence-electron chi connectivity index (χ4n) is 1.02. The minimum absolute atomic E-state index is 0.316. The summed E-state index contributed by atoms with van der Waals surface area (Å²) in [6, 6.07) is 7.82. The van der Waals surface area contributed by atoms with E-state index in [0.717, 1.165) is 13.0 Å². The number of hydrogen-bond acceptors (Lipinski definition) is 2. The third kappa shape index (κ3) is 3.76. The second-order valence-corrected chi connectivity index (χ2v) is 3.01. The summed E-state index contributed by atoms with van der Waals surface area (Å²) in [7, 11) is 0. The van der Waals surface area contributed by atoms with Crippen molar-refractivity contribution < 1.29 is 22.7 Å². The van der Waals surface area contributed by atoms with E-state index in [9.17, 15) is 18.0 Å². The summed E-state index contributed by atoms with van der Waals surface area (Å²) in [6.45, 7) is 0.921. The van der Waals surface area contributed by atoms with Crippen LogP contribution < -0.4 is 0 Å². The lowest BCUT2D eigenvalue weighted by molar-refractivity contribution is -0.157. The van der Waals surface area contributed by atoms with Gasteiger partial charge in [-0.1, -0.05) is 30.3 Å². The van der Waals surface area contributed by atoms with Crippen LogP contribution in [0.15, 0.2) is 36.1 Å². The molecule has 1 aromatic rings. The molecular weight excluding hydrogens is 221 g/mol. The fraction of sp³-hybridized carbons (Fsp3) is 0.182. The van der Waals surface area contributed by atoms with Gasteiger partial charge in [-0.25, -0.2) is 0 Å². The van der Waals surface area contributed by atoms with Crippen LogP contribution in [-0.2, 0) is 9.53 Å². The number of hydrogen-bond donors (Lipinski definition) is 0. The van der Waals surface area contributed by atoms with Gasteiger partial charge in [-0.2, -0.15) is 13.2 Å². The Morgan fingerprint density at radius 3 is 2.25 bits per heavy atom. The average molecular weight is 230 g/mol. The van der Waals surface area contributed by atoms with E-state index < -0.39 is 17.9 Å². The fourth-order valence-corrected chi connectivity index (χ4v) is 1.02. The Kier molecular flexibility index (Phi) is 3.71. The molecule has 0 N–H and O–H groups in total. The molecule has 0 saturated carbocycles. The van der Waals surface area contributed by atoms with Crippen LogP contribution in [0.5, 0.6) is 0 Å². The van der Waals surface area contributed by atoms with Crippen molar-refractivity contribution in [2.75, 3.05) is 0 Å². The van der Waals surface area contributed by atoms with Crippen LogP contribution in [0.3, 0.4) is 0 Å². The monoisotopic (exact) mass is 230 g/mol. The van der Waals surface area contributed by atoms with Crippen LogP contribution in [0.25, 0.3) is 6.08 Å². The molecule has 0 unspecified atom stereocenters. The Hall–Kier alpha value is -1.78. The predicted octanol–water partition coefficient (Wildman–Crippen LogP) is 3.15. The second kappa shape index (κ2) is 4.83. The minimum Gasteiger partial charge on any atom is -0.421 e. The number of esters is 1. The van der Waals surface area contributed by atoms with Gasteiger partial charge in [0.1, 0.15) is 0 Å². The molecule has 0 radical (unpaired) electrons. The van der Waals surface area contributed by atoms with Crippen molar-refractivity contribution >= 4 is 12.0 Å². The Balaban J connectivity index is 3.02. The van der Waals surface area contributed by atoms with E-state index in [4.69, 9.17) is 0 Å². The van der Waals surface area contributed by atoms with Gasteiger partial charge >= 0.3 is 12.1 Å². The molecule has 16 heavy (non-hydrogen) atoms. The largest absolute Gasteiger partial charge is 0.449 e. The van der Waals surface area contributed by atoms with E-state index in [-0.39, 0.29) is 0 Å². The van der Waals surface area contributed by atoms with E-state index in [1.165, 1.54) is 12.1 Å².